The molecule has 7 nitrogen and oxygen atoms in total. The quantitative estimate of drug-likeness (QED) is 0.159. The molecule has 0 aromatic heterocycles. The minimum absolute atomic E-state index is 0.0251. The zero-order chi connectivity index (χ0) is 34.8. The molecule has 0 fully saturated rings. The average molecular weight is 651 g/mol. The van der Waals surface area contributed by atoms with Crippen LogP contribution in [0.25, 0.3) is 12.2 Å². The lowest BCUT2D eigenvalue weighted by Crippen LogP contribution is -2.66. The molecule has 2 aliphatic rings. The summed E-state index contributed by atoms with van der Waals surface area (Å²) in [6.45, 7) is 16.7. The van der Waals surface area contributed by atoms with E-state index in [0.29, 0.717) is 36.8 Å². The maximum atomic E-state index is 14.2. The Labute approximate surface area is 272 Å². The first-order chi connectivity index (χ1) is 21.8. The van der Waals surface area contributed by atoms with E-state index in [-0.39, 0.29) is 27.6 Å². The van der Waals surface area contributed by atoms with Crippen molar-refractivity contribution in [2.45, 2.75) is 91.3 Å². The molecular weight excluding hydrogens is 607 g/mol. The van der Waals surface area contributed by atoms with Crippen molar-refractivity contribution < 1.29 is 22.7 Å². The van der Waals surface area contributed by atoms with Crippen LogP contribution in [0.4, 0.5) is 30.2 Å². The van der Waals surface area contributed by atoms with Gasteiger partial charge < -0.3 is 4.90 Å². The molecule has 250 valence electrons. The zero-order valence-corrected chi connectivity index (χ0v) is 28.3. The Kier molecular flexibility index (Phi) is 8.65. The van der Waals surface area contributed by atoms with E-state index in [9.17, 15) is 32.9 Å². The third-order valence-corrected chi connectivity index (χ3v) is 9.93. The summed E-state index contributed by atoms with van der Waals surface area (Å²) >= 11 is 0. The predicted octanol–water partition coefficient (Wildman–Crippen LogP) is 6.11. The number of non-ortho nitro benzene ring substituents is 1. The van der Waals surface area contributed by atoms with Crippen LogP contribution in [0.2, 0.25) is 0 Å². The number of alkyl halides is 3. The van der Waals surface area contributed by atoms with Gasteiger partial charge in [0, 0.05) is 48.3 Å². The fourth-order valence-corrected chi connectivity index (χ4v) is 7.21. The van der Waals surface area contributed by atoms with E-state index >= 15 is 0 Å². The summed E-state index contributed by atoms with van der Waals surface area (Å²) in [5, 5.41) is 11.6. The standard InChI is InChI=1S/C37H43F3N3O4/c1-21(2)14-16-41-28-13-12-23(43(46)47)18-27(28)35(5,6)30(41)19-24-33(44)25(34(24)45)20-31-36(7,8)32-26(37(38,39)40)10-9-11-29(32)42(31)17-15-22(3)4/h9-13,18-22,30H,14-17H2,1-8H3/q+1. The van der Waals surface area contributed by atoms with Gasteiger partial charge in [0.1, 0.15) is 6.54 Å². The molecule has 0 saturated heterocycles. The van der Waals surface area contributed by atoms with Gasteiger partial charge in [-0.3, -0.25) is 19.7 Å². The Morgan fingerprint density at radius 3 is 2.19 bits per heavy atom. The molecule has 1 atom stereocenters. The van der Waals surface area contributed by atoms with Gasteiger partial charge in [-0.2, -0.15) is 17.7 Å². The molecule has 2 heterocycles. The van der Waals surface area contributed by atoms with Crippen LogP contribution in [-0.4, -0.2) is 34.3 Å². The number of halogens is 3. The van der Waals surface area contributed by atoms with Crippen LogP contribution in [0.5, 0.6) is 0 Å². The number of rotatable bonds is 9. The van der Waals surface area contributed by atoms with Crippen LogP contribution in [0.1, 0.15) is 84.9 Å². The van der Waals surface area contributed by atoms with Gasteiger partial charge in [0.25, 0.3) is 5.69 Å². The summed E-state index contributed by atoms with van der Waals surface area (Å²) in [5.74, 6) is 0.657. The highest BCUT2D eigenvalue weighted by Gasteiger charge is 2.51. The van der Waals surface area contributed by atoms with E-state index in [0.717, 1.165) is 23.7 Å². The fourth-order valence-electron chi connectivity index (χ4n) is 7.21. The third-order valence-electron chi connectivity index (χ3n) is 9.93. The highest BCUT2D eigenvalue weighted by atomic mass is 19.4. The summed E-state index contributed by atoms with van der Waals surface area (Å²) in [7, 11) is 0. The third kappa shape index (κ3) is 5.84. The largest absolute Gasteiger partial charge is 0.416 e. The van der Waals surface area contributed by atoms with E-state index in [1.54, 1.807) is 38.1 Å². The average Bonchev–Trinajstić information content (AvgIpc) is 3.33. The Balaban J connectivity index is 1.66. The summed E-state index contributed by atoms with van der Waals surface area (Å²) in [6.07, 6.45) is 0.148. The molecule has 0 aliphatic carbocycles. The summed E-state index contributed by atoms with van der Waals surface area (Å²) in [6, 6.07) is 8.52. The number of fused-ring (bicyclic) bond motifs is 2. The lowest BCUT2D eigenvalue weighted by atomic mass is 9.78. The minimum atomic E-state index is -4.57. The lowest BCUT2D eigenvalue weighted by molar-refractivity contribution is -0.438. The molecule has 0 spiro atoms. The van der Waals surface area contributed by atoms with Crippen LogP contribution in [-0.2, 0) is 17.0 Å². The zero-order valence-electron chi connectivity index (χ0n) is 28.3. The summed E-state index contributed by atoms with van der Waals surface area (Å²) < 4.78 is 44.5. The number of anilines is 1. The molecule has 0 amide bonds. The minimum Gasteiger partial charge on any atom is -0.364 e. The van der Waals surface area contributed by atoms with Gasteiger partial charge in [0.15, 0.2) is 5.71 Å². The Morgan fingerprint density at radius 2 is 1.62 bits per heavy atom. The van der Waals surface area contributed by atoms with Gasteiger partial charge in [0.2, 0.25) is 16.5 Å². The smallest absolute Gasteiger partial charge is 0.364 e. The van der Waals surface area contributed by atoms with Crippen molar-refractivity contribution in [2.24, 2.45) is 11.8 Å². The lowest BCUT2D eigenvalue weighted by Gasteiger charge is -2.33. The molecule has 2 aliphatic heterocycles. The van der Waals surface area contributed by atoms with Gasteiger partial charge in [-0.05, 0) is 55.9 Å². The van der Waals surface area contributed by atoms with Crippen LogP contribution in [0.15, 0.2) is 46.0 Å². The van der Waals surface area contributed by atoms with Gasteiger partial charge in [0.05, 0.1) is 37.9 Å². The second kappa shape index (κ2) is 11.9. The molecule has 47 heavy (non-hydrogen) atoms. The molecule has 0 radical (unpaired) electrons. The summed E-state index contributed by atoms with van der Waals surface area (Å²) in [4.78, 5) is 40.8. The molecule has 3 aromatic rings. The molecule has 5 rings (SSSR count). The maximum absolute atomic E-state index is 14.2. The number of hydrogen-bond acceptors (Lipinski definition) is 5. The van der Waals surface area contributed by atoms with Crippen LogP contribution in [0.3, 0.4) is 0 Å². The first kappa shape index (κ1) is 34.3. The molecule has 0 bridgehead atoms. The SMILES string of the molecule is CC(C)CCN1c2ccc([N+](=O)[O-])cc2C(C)(C)C1C=c1c(=O)c(=CC2=[N+](CCC(C)C)c3cccc(C(F)(F)F)c3C2(C)C)c1=O. The summed E-state index contributed by atoms with van der Waals surface area (Å²) in [5.41, 5.74) is -0.755. The van der Waals surface area contributed by atoms with E-state index in [2.05, 4.69) is 18.7 Å². The first-order valence-corrected chi connectivity index (χ1v) is 16.2. The van der Waals surface area contributed by atoms with Gasteiger partial charge >= 0.3 is 6.18 Å². The van der Waals surface area contributed by atoms with Crippen molar-refractivity contribution >= 4 is 34.9 Å². The van der Waals surface area contributed by atoms with Crippen molar-refractivity contribution in [2.75, 3.05) is 18.0 Å². The highest BCUT2D eigenvalue weighted by Crippen LogP contribution is 2.48. The van der Waals surface area contributed by atoms with Gasteiger partial charge in [-0.25, -0.2) is 0 Å². The number of benzene rings is 2. The van der Waals surface area contributed by atoms with Gasteiger partial charge in [-0.1, -0.05) is 47.6 Å². The normalized spacial score (nSPS) is 18.3. The molecule has 10 heteroatoms. The Morgan fingerprint density at radius 1 is 0.979 bits per heavy atom. The molecular formula is C37H43F3N3O4+. The first-order valence-electron chi connectivity index (χ1n) is 16.2. The number of nitrogens with zero attached hydrogens (tertiary/aromatic N) is 3. The van der Waals surface area contributed by atoms with Crippen molar-refractivity contribution in [1.82, 2.24) is 0 Å². The molecule has 0 saturated carbocycles. The number of nitro groups is 1. The highest BCUT2D eigenvalue weighted by molar-refractivity contribution is 6.15. The topological polar surface area (TPSA) is 83.5 Å². The van der Waals surface area contributed by atoms with Crippen LogP contribution >= 0.6 is 0 Å². The molecule has 3 aromatic carbocycles. The molecule has 0 N–H and O–H groups in total. The van der Waals surface area contributed by atoms with Crippen LogP contribution < -0.4 is 26.2 Å². The predicted molar refractivity (Wildman–Crippen MR) is 180 cm³/mol. The Bertz CT molecular complexity index is 1950. The van der Waals surface area contributed by atoms with E-state index < -0.39 is 44.4 Å². The number of nitro benzene ring substituents is 1. The monoisotopic (exact) mass is 650 g/mol. The Hall–Kier alpha value is -4.08. The van der Waals surface area contributed by atoms with E-state index in [1.165, 1.54) is 18.2 Å². The van der Waals surface area contributed by atoms with Crippen molar-refractivity contribution in [3.05, 3.63) is 94.1 Å². The van der Waals surface area contributed by atoms with E-state index in [4.69, 9.17) is 0 Å². The number of hydrogen-bond donors (Lipinski definition) is 0. The molecule has 1 unspecified atom stereocenters. The van der Waals surface area contributed by atoms with Crippen LogP contribution in [0, 0.1) is 22.0 Å². The second-order valence-corrected chi connectivity index (χ2v) is 14.8. The maximum Gasteiger partial charge on any atom is 0.416 e. The van der Waals surface area contributed by atoms with Gasteiger partial charge in [-0.15, -0.1) is 0 Å². The van der Waals surface area contributed by atoms with Crippen molar-refractivity contribution in [3.8, 4) is 0 Å². The van der Waals surface area contributed by atoms with Crippen molar-refractivity contribution in [3.63, 3.8) is 0 Å². The fraction of sp³-hybridized carbons (Fsp3) is 0.486. The van der Waals surface area contributed by atoms with E-state index in [1.807, 2.05) is 32.3 Å². The van der Waals surface area contributed by atoms with Crippen molar-refractivity contribution in [1.29, 1.82) is 0 Å². The second-order valence-electron chi connectivity index (χ2n) is 14.8.